The second-order valence-corrected chi connectivity index (χ2v) is 2.46. The first-order chi connectivity index (χ1) is 6.22. The fourth-order valence-electron chi connectivity index (χ4n) is 0.789. The monoisotopic (exact) mass is 181 g/mol. The average molecular weight is 181 g/mol. The maximum atomic E-state index is 11.0. The first kappa shape index (κ1) is 9.47. The number of aromatic nitrogens is 1. The van der Waals surface area contributed by atoms with E-state index in [2.05, 4.69) is 15.0 Å². The summed E-state index contributed by atoms with van der Waals surface area (Å²) in [7, 11) is 1.45. The van der Waals surface area contributed by atoms with Crippen molar-refractivity contribution in [2.24, 2.45) is 0 Å². The molecule has 5 heteroatoms. The van der Waals surface area contributed by atoms with E-state index in [9.17, 15) is 4.79 Å². The molecule has 0 bridgehead atoms. The largest absolute Gasteiger partial charge is 0.397 e. The number of carbonyl (C=O) groups is 1. The Morgan fingerprint density at radius 2 is 2.46 bits per heavy atom. The third kappa shape index (κ3) is 3.08. The number of ether oxygens (including phenoxy) is 1. The van der Waals surface area contributed by atoms with Crippen LogP contribution in [0, 0.1) is 0 Å². The molecule has 0 spiro atoms. The number of nitrogens with one attached hydrogen (secondary N) is 1. The summed E-state index contributed by atoms with van der Waals surface area (Å²) in [5.41, 5.74) is 5.98. The van der Waals surface area contributed by atoms with E-state index in [1.165, 1.54) is 13.3 Å². The lowest BCUT2D eigenvalue weighted by Crippen LogP contribution is -2.17. The standard InChI is InChI=1S/C8H11N3O2/c1-13-5-8(12)11-7-3-2-6(9)4-10-7/h2-4H,5,9H2,1H3,(H,10,11,12). The van der Waals surface area contributed by atoms with Gasteiger partial charge in [-0.3, -0.25) is 4.79 Å². The Morgan fingerprint density at radius 3 is 3.00 bits per heavy atom. The highest BCUT2D eigenvalue weighted by Gasteiger charge is 2.00. The van der Waals surface area contributed by atoms with Crippen LogP contribution in [0.2, 0.25) is 0 Å². The molecule has 0 aliphatic carbocycles. The van der Waals surface area contributed by atoms with Gasteiger partial charge in [0.25, 0.3) is 5.91 Å². The van der Waals surface area contributed by atoms with Gasteiger partial charge in [-0.15, -0.1) is 0 Å². The summed E-state index contributed by atoms with van der Waals surface area (Å²) in [4.78, 5) is 14.9. The highest BCUT2D eigenvalue weighted by molar-refractivity contribution is 5.90. The molecule has 70 valence electrons. The zero-order valence-corrected chi connectivity index (χ0v) is 7.28. The summed E-state index contributed by atoms with van der Waals surface area (Å²) in [5.74, 6) is 0.232. The zero-order chi connectivity index (χ0) is 9.68. The van der Waals surface area contributed by atoms with Crippen molar-refractivity contribution < 1.29 is 9.53 Å². The van der Waals surface area contributed by atoms with Crippen LogP contribution >= 0.6 is 0 Å². The van der Waals surface area contributed by atoms with Gasteiger partial charge in [0.1, 0.15) is 12.4 Å². The molecule has 0 radical (unpaired) electrons. The SMILES string of the molecule is COCC(=O)Nc1ccc(N)cn1. The van der Waals surface area contributed by atoms with Crippen LogP contribution in [0.1, 0.15) is 0 Å². The number of methoxy groups -OCH3 is 1. The van der Waals surface area contributed by atoms with Gasteiger partial charge >= 0.3 is 0 Å². The molecule has 1 heterocycles. The maximum absolute atomic E-state index is 11.0. The summed E-state index contributed by atoms with van der Waals surface area (Å²) in [6, 6.07) is 3.29. The smallest absolute Gasteiger partial charge is 0.251 e. The van der Waals surface area contributed by atoms with E-state index in [0.717, 1.165) is 0 Å². The molecular formula is C8H11N3O2. The lowest BCUT2D eigenvalue weighted by molar-refractivity contribution is -0.119. The van der Waals surface area contributed by atoms with E-state index in [1.54, 1.807) is 12.1 Å². The third-order valence-corrected chi connectivity index (χ3v) is 1.33. The Kier molecular flexibility index (Phi) is 3.22. The van der Waals surface area contributed by atoms with Crippen molar-refractivity contribution >= 4 is 17.4 Å². The fraction of sp³-hybridized carbons (Fsp3) is 0.250. The molecule has 0 atom stereocenters. The molecule has 1 amide bonds. The number of rotatable bonds is 3. The summed E-state index contributed by atoms with van der Waals surface area (Å²) >= 11 is 0. The van der Waals surface area contributed by atoms with E-state index in [0.29, 0.717) is 11.5 Å². The van der Waals surface area contributed by atoms with Crippen molar-refractivity contribution in [3.63, 3.8) is 0 Å². The van der Waals surface area contributed by atoms with Crippen molar-refractivity contribution in [1.29, 1.82) is 0 Å². The quantitative estimate of drug-likeness (QED) is 0.700. The number of nitrogen functional groups attached to an aromatic ring is 1. The normalized spacial score (nSPS) is 9.62. The molecule has 1 rings (SSSR count). The molecule has 1 aromatic rings. The van der Waals surface area contributed by atoms with E-state index in [1.807, 2.05) is 0 Å². The molecule has 0 aliphatic rings. The van der Waals surface area contributed by atoms with Crippen LogP contribution in [-0.2, 0) is 9.53 Å². The molecule has 0 fully saturated rings. The van der Waals surface area contributed by atoms with Crippen molar-refractivity contribution in [3.05, 3.63) is 18.3 Å². The number of nitrogens with zero attached hydrogens (tertiary/aromatic N) is 1. The predicted molar refractivity (Wildman–Crippen MR) is 49.2 cm³/mol. The Hall–Kier alpha value is -1.62. The number of pyridine rings is 1. The van der Waals surface area contributed by atoms with Gasteiger partial charge in [0.05, 0.1) is 11.9 Å². The Labute approximate surface area is 75.9 Å². The number of hydrogen-bond donors (Lipinski definition) is 2. The van der Waals surface area contributed by atoms with Gasteiger partial charge in [-0.2, -0.15) is 0 Å². The van der Waals surface area contributed by atoms with Gasteiger partial charge in [0.2, 0.25) is 0 Å². The van der Waals surface area contributed by atoms with Gasteiger partial charge in [-0.05, 0) is 12.1 Å². The fourth-order valence-corrected chi connectivity index (χ4v) is 0.789. The minimum absolute atomic E-state index is 0.0199. The van der Waals surface area contributed by atoms with Crippen LogP contribution in [0.5, 0.6) is 0 Å². The Bertz CT molecular complexity index is 284. The molecule has 0 saturated carbocycles. The van der Waals surface area contributed by atoms with Crippen molar-refractivity contribution in [3.8, 4) is 0 Å². The van der Waals surface area contributed by atoms with Crippen molar-refractivity contribution in [1.82, 2.24) is 4.98 Å². The highest BCUT2D eigenvalue weighted by Crippen LogP contribution is 2.05. The lowest BCUT2D eigenvalue weighted by Gasteiger charge is -2.02. The van der Waals surface area contributed by atoms with Gasteiger partial charge < -0.3 is 15.8 Å². The zero-order valence-electron chi connectivity index (χ0n) is 7.28. The maximum Gasteiger partial charge on any atom is 0.251 e. The molecule has 5 nitrogen and oxygen atoms in total. The minimum atomic E-state index is -0.236. The van der Waals surface area contributed by atoms with E-state index < -0.39 is 0 Å². The number of carbonyl (C=O) groups excluding carboxylic acids is 1. The molecular weight excluding hydrogens is 170 g/mol. The number of hydrogen-bond acceptors (Lipinski definition) is 4. The summed E-state index contributed by atoms with van der Waals surface area (Å²) in [5, 5.41) is 2.54. The predicted octanol–water partition coefficient (Wildman–Crippen LogP) is 0.249. The van der Waals surface area contributed by atoms with E-state index in [-0.39, 0.29) is 12.5 Å². The van der Waals surface area contributed by atoms with E-state index >= 15 is 0 Å². The number of anilines is 2. The second-order valence-electron chi connectivity index (χ2n) is 2.46. The molecule has 13 heavy (non-hydrogen) atoms. The van der Waals surface area contributed by atoms with Crippen LogP contribution < -0.4 is 11.1 Å². The van der Waals surface area contributed by atoms with Gasteiger partial charge in [0.15, 0.2) is 0 Å². The minimum Gasteiger partial charge on any atom is -0.397 e. The topological polar surface area (TPSA) is 77.2 Å². The van der Waals surface area contributed by atoms with Gasteiger partial charge in [0, 0.05) is 7.11 Å². The molecule has 0 aromatic carbocycles. The Morgan fingerprint density at radius 1 is 1.69 bits per heavy atom. The van der Waals surface area contributed by atoms with Crippen LogP contribution in [0.25, 0.3) is 0 Å². The first-order valence-corrected chi connectivity index (χ1v) is 3.72. The van der Waals surface area contributed by atoms with Gasteiger partial charge in [-0.25, -0.2) is 4.98 Å². The Balaban J connectivity index is 2.54. The van der Waals surface area contributed by atoms with Crippen molar-refractivity contribution in [2.75, 3.05) is 24.8 Å². The molecule has 3 N–H and O–H groups in total. The van der Waals surface area contributed by atoms with Crippen LogP contribution in [0.15, 0.2) is 18.3 Å². The second kappa shape index (κ2) is 4.42. The summed E-state index contributed by atoms with van der Waals surface area (Å²) in [6.07, 6.45) is 1.47. The molecule has 0 aliphatic heterocycles. The third-order valence-electron chi connectivity index (χ3n) is 1.33. The van der Waals surface area contributed by atoms with Crippen LogP contribution in [0.4, 0.5) is 11.5 Å². The van der Waals surface area contributed by atoms with E-state index in [4.69, 9.17) is 5.73 Å². The number of nitrogens with two attached hydrogens (primary N) is 1. The lowest BCUT2D eigenvalue weighted by atomic mass is 10.4. The molecule has 0 saturated heterocycles. The van der Waals surface area contributed by atoms with Crippen molar-refractivity contribution in [2.45, 2.75) is 0 Å². The van der Waals surface area contributed by atoms with Gasteiger partial charge in [-0.1, -0.05) is 0 Å². The highest BCUT2D eigenvalue weighted by atomic mass is 16.5. The summed E-state index contributed by atoms with van der Waals surface area (Å²) in [6.45, 7) is 0.0199. The molecule has 1 aromatic heterocycles. The summed E-state index contributed by atoms with van der Waals surface area (Å²) < 4.78 is 4.64. The molecule has 0 unspecified atom stereocenters. The number of amides is 1. The first-order valence-electron chi connectivity index (χ1n) is 3.72. The average Bonchev–Trinajstić information content (AvgIpc) is 2.09. The van der Waals surface area contributed by atoms with Crippen LogP contribution in [-0.4, -0.2) is 24.6 Å². The van der Waals surface area contributed by atoms with Crippen LogP contribution in [0.3, 0.4) is 0 Å².